The maximum absolute atomic E-state index is 12.2. The predicted molar refractivity (Wildman–Crippen MR) is 94.9 cm³/mol. The second-order valence-corrected chi connectivity index (χ2v) is 6.58. The Hall–Kier alpha value is -3.05. The van der Waals surface area contributed by atoms with Gasteiger partial charge in [-0.3, -0.25) is 15.5 Å². The zero-order valence-corrected chi connectivity index (χ0v) is 14.2. The summed E-state index contributed by atoms with van der Waals surface area (Å²) in [6, 6.07) is 10.5. The van der Waals surface area contributed by atoms with Crippen LogP contribution in [-0.4, -0.2) is 24.7 Å². The van der Waals surface area contributed by atoms with Crippen LogP contribution in [0.1, 0.15) is 5.56 Å². The first-order valence-electron chi connectivity index (χ1n) is 6.65. The molecule has 0 aliphatic rings. The number of nitro groups is 1. The Morgan fingerprint density at radius 1 is 1.28 bits per heavy atom. The summed E-state index contributed by atoms with van der Waals surface area (Å²) < 4.78 is 29.5. The van der Waals surface area contributed by atoms with Crippen LogP contribution < -0.4 is 15.3 Å². The van der Waals surface area contributed by atoms with E-state index in [2.05, 4.69) is 22.7 Å². The van der Waals surface area contributed by atoms with E-state index in [4.69, 9.17) is 9.92 Å². The van der Waals surface area contributed by atoms with E-state index >= 15 is 0 Å². The van der Waals surface area contributed by atoms with Crippen molar-refractivity contribution in [1.82, 2.24) is 5.43 Å². The minimum Gasteiger partial charge on any atom is -0.379 e. The second kappa shape index (κ2) is 7.68. The van der Waals surface area contributed by atoms with Gasteiger partial charge in [0.15, 0.2) is 5.11 Å². The van der Waals surface area contributed by atoms with Crippen molar-refractivity contribution in [1.29, 1.82) is 0 Å². The molecule has 0 aliphatic heterocycles. The van der Waals surface area contributed by atoms with Gasteiger partial charge in [0, 0.05) is 12.1 Å². The van der Waals surface area contributed by atoms with Gasteiger partial charge in [-0.15, -0.1) is 0 Å². The normalized spacial score (nSPS) is 11.2. The number of hydrogen-bond donors (Lipinski definition) is 2. The lowest BCUT2D eigenvalue weighted by Gasteiger charge is -2.07. The number of hydrazone groups is 1. The molecule has 0 bridgehead atoms. The highest BCUT2D eigenvalue weighted by Gasteiger charge is 2.18. The maximum Gasteiger partial charge on any atom is 0.339 e. The van der Waals surface area contributed by atoms with E-state index in [1.807, 2.05) is 0 Å². The van der Waals surface area contributed by atoms with Gasteiger partial charge in [-0.25, -0.2) is 0 Å². The Morgan fingerprint density at radius 3 is 2.56 bits per heavy atom. The van der Waals surface area contributed by atoms with Gasteiger partial charge >= 0.3 is 10.1 Å². The molecule has 0 saturated carbocycles. The van der Waals surface area contributed by atoms with Crippen molar-refractivity contribution in [2.24, 2.45) is 10.8 Å². The first kappa shape index (κ1) is 18.3. The minimum atomic E-state index is -4.13. The Labute approximate surface area is 148 Å². The van der Waals surface area contributed by atoms with E-state index in [1.54, 1.807) is 12.1 Å². The number of benzene rings is 2. The van der Waals surface area contributed by atoms with Crippen molar-refractivity contribution in [2.45, 2.75) is 4.90 Å². The minimum absolute atomic E-state index is 0.00981. The summed E-state index contributed by atoms with van der Waals surface area (Å²) in [5, 5.41) is 14.4. The zero-order valence-electron chi connectivity index (χ0n) is 12.5. The van der Waals surface area contributed by atoms with E-state index in [1.165, 1.54) is 18.3 Å². The molecule has 2 aromatic rings. The lowest BCUT2D eigenvalue weighted by Crippen LogP contribution is -2.23. The first-order valence-corrected chi connectivity index (χ1v) is 8.47. The molecule has 25 heavy (non-hydrogen) atoms. The summed E-state index contributed by atoms with van der Waals surface area (Å²) in [6.07, 6.45) is 1.38. The Kier molecular flexibility index (Phi) is 5.62. The van der Waals surface area contributed by atoms with E-state index in [-0.39, 0.29) is 21.4 Å². The van der Waals surface area contributed by atoms with Gasteiger partial charge in [-0.2, -0.15) is 13.5 Å². The average molecular weight is 380 g/mol. The van der Waals surface area contributed by atoms with Crippen molar-refractivity contribution < 1.29 is 17.5 Å². The third-order valence-electron chi connectivity index (χ3n) is 2.79. The highest BCUT2D eigenvalue weighted by Crippen LogP contribution is 2.21. The molecule has 0 saturated heterocycles. The fourth-order valence-corrected chi connectivity index (χ4v) is 2.70. The summed E-state index contributed by atoms with van der Waals surface area (Å²) in [6.45, 7) is 0. The largest absolute Gasteiger partial charge is 0.379 e. The van der Waals surface area contributed by atoms with Crippen LogP contribution in [0.5, 0.6) is 5.75 Å². The van der Waals surface area contributed by atoms with E-state index in [0.717, 1.165) is 24.3 Å². The molecule has 3 N–H and O–H groups in total. The summed E-state index contributed by atoms with van der Waals surface area (Å²) in [5.41, 5.74) is 7.91. The number of nitrogens with zero attached hydrogens (tertiary/aromatic N) is 2. The van der Waals surface area contributed by atoms with Crippen LogP contribution in [0, 0.1) is 10.1 Å². The van der Waals surface area contributed by atoms with Crippen molar-refractivity contribution in [3.63, 3.8) is 0 Å². The third-order valence-corrected chi connectivity index (χ3v) is 4.14. The molecule has 2 rings (SSSR count). The number of nitrogens with two attached hydrogens (primary N) is 1. The molecule has 0 aliphatic carbocycles. The van der Waals surface area contributed by atoms with Crippen LogP contribution in [0.2, 0.25) is 0 Å². The Bertz CT molecular complexity index is 926. The number of thiocarbonyl (C=S) groups is 1. The van der Waals surface area contributed by atoms with Crippen LogP contribution in [0.25, 0.3) is 0 Å². The number of nitrogens with one attached hydrogen (secondary N) is 1. The molecule has 130 valence electrons. The molecular weight excluding hydrogens is 368 g/mol. The SMILES string of the molecule is NC(=S)N/N=C\c1cccc(OS(=O)(=O)c2ccc([N+](=O)[O-])cc2)c1. The van der Waals surface area contributed by atoms with Crippen molar-refractivity contribution in [2.75, 3.05) is 0 Å². The number of hydrogen-bond acceptors (Lipinski definition) is 7. The molecule has 9 nitrogen and oxygen atoms in total. The van der Waals surface area contributed by atoms with Crippen LogP contribution in [0.4, 0.5) is 5.69 Å². The fourth-order valence-electron chi connectivity index (χ4n) is 1.73. The summed E-state index contributed by atoms with van der Waals surface area (Å²) in [7, 11) is -4.13. The molecule has 2 aromatic carbocycles. The molecule has 0 fully saturated rings. The smallest absolute Gasteiger partial charge is 0.339 e. The molecule has 0 unspecified atom stereocenters. The van der Waals surface area contributed by atoms with Crippen LogP contribution in [0.15, 0.2) is 58.5 Å². The highest BCUT2D eigenvalue weighted by atomic mass is 32.2. The Balaban J connectivity index is 2.18. The van der Waals surface area contributed by atoms with Crippen LogP contribution in [-0.2, 0) is 10.1 Å². The van der Waals surface area contributed by atoms with Crippen LogP contribution in [0.3, 0.4) is 0 Å². The van der Waals surface area contributed by atoms with E-state index in [0.29, 0.717) is 5.56 Å². The lowest BCUT2D eigenvalue weighted by molar-refractivity contribution is -0.384. The van der Waals surface area contributed by atoms with E-state index in [9.17, 15) is 18.5 Å². The zero-order chi connectivity index (χ0) is 18.4. The van der Waals surface area contributed by atoms with Gasteiger partial charge in [0.1, 0.15) is 10.6 Å². The molecule has 0 heterocycles. The van der Waals surface area contributed by atoms with Gasteiger partial charge in [0.2, 0.25) is 0 Å². The maximum atomic E-state index is 12.2. The topological polar surface area (TPSA) is 137 Å². The fraction of sp³-hybridized carbons (Fsp3) is 0. The molecule has 11 heteroatoms. The van der Waals surface area contributed by atoms with Gasteiger partial charge in [-0.1, -0.05) is 12.1 Å². The monoisotopic (exact) mass is 380 g/mol. The van der Waals surface area contributed by atoms with Crippen LogP contribution >= 0.6 is 12.2 Å². The first-order chi connectivity index (χ1) is 11.8. The van der Waals surface area contributed by atoms with Crippen molar-refractivity contribution in [3.05, 3.63) is 64.2 Å². The second-order valence-electron chi connectivity index (χ2n) is 4.60. The Morgan fingerprint density at radius 2 is 1.96 bits per heavy atom. The standard InChI is InChI=1S/C14H12N4O5S2/c15-14(24)17-16-9-10-2-1-3-12(8-10)23-25(21,22)13-6-4-11(5-7-13)18(19)20/h1-9H,(H3,15,17,24)/b16-9-. The molecule has 0 spiro atoms. The van der Waals surface area contributed by atoms with Gasteiger partial charge in [0.25, 0.3) is 5.69 Å². The number of non-ortho nitro benzene ring substituents is 1. The van der Waals surface area contributed by atoms with E-state index < -0.39 is 15.0 Å². The molecule has 0 aromatic heterocycles. The quantitative estimate of drug-likeness (QED) is 0.253. The third kappa shape index (κ3) is 5.22. The van der Waals surface area contributed by atoms with Gasteiger partial charge in [-0.05, 0) is 42.0 Å². The number of rotatable bonds is 6. The summed E-state index contributed by atoms with van der Waals surface area (Å²) in [4.78, 5) is 9.78. The highest BCUT2D eigenvalue weighted by molar-refractivity contribution is 7.87. The summed E-state index contributed by atoms with van der Waals surface area (Å²) >= 11 is 4.59. The van der Waals surface area contributed by atoms with Crippen molar-refractivity contribution >= 4 is 39.4 Å². The average Bonchev–Trinajstić information content (AvgIpc) is 2.54. The van der Waals surface area contributed by atoms with Crippen molar-refractivity contribution in [3.8, 4) is 5.75 Å². The molecular formula is C14H12N4O5S2. The molecule has 0 amide bonds. The van der Waals surface area contributed by atoms with Gasteiger partial charge < -0.3 is 9.92 Å². The summed E-state index contributed by atoms with van der Waals surface area (Å²) in [5.74, 6) is 0.0534. The molecule has 0 radical (unpaired) electrons. The predicted octanol–water partition coefficient (Wildman–Crippen LogP) is 1.53. The van der Waals surface area contributed by atoms with Gasteiger partial charge in [0.05, 0.1) is 11.1 Å². The molecule has 0 atom stereocenters. The lowest BCUT2D eigenvalue weighted by atomic mass is 10.2. The number of nitro benzene ring substituents is 1.